The molecule has 7 nitrogen and oxygen atoms in total. The molecule has 0 fully saturated rings. The predicted octanol–water partition coefficient (Wildman–Crippen LogP) is 2.31. The number of carbonyl (C=O) groups excluding carboxylic acids is 1. The second-order valence-corrected chi connectivity index (χ2v) is 4.75. The fraction of sp³-hybridized carbons (Fsp3) is 0.0625. The number of nitro groups is 1. The summed E-state index contributed by atoms with van der Waals surface area (Å²) in [4.78, 5) is 22.1. The van der Waals surface area contributed by atoms with Crippen molar-refractivity contribution in [3.63, 3.8) is 0 Å². The Balaban J connectivity index is 2.34. The van der Waals surface area contributed by atoms with E-state index in [1.807, 2.05) is 24.5 Å². The van der Waals surface area contributed by atoms with Gasteiger partial charge in [0.25, 0.3) is 5.69 Å². The highest BCUT2D eigenvalue weighted by molar-refractivity contribution is 5.95. The number of nitrogens with zero attached hydrogens (tertiary/aromatic N) is 1. The summed E-state index contributed by atoms with van der Waals surface area (Å²) in [6.45, 7) is 1.93. The van der Waals surface area contributed by atoms with Gasteiger partial charge in [0, 0.05) is 12.1 Å². The van der Waals surface area contributed by atoms with Crippen LogP contribution in [0, 0.1) is 17.0 Å². The number of hydrogen-bond donors (Lipinski definition) is 2. The molecule has 0 spiro atoms. The van der Waals surface area contributed by atoms with Gasteiger partial charge in [-0.3, -0.25) is 20.3 Å². The Bertz CT molecular complexity index is 754. The molecule has 0 radical (unpaired) electrons. The van der Waals surface area contributed by atoms with Crippen molar-refractivity contribution in [2.24, 2.45) is 5.84 Å². The first-order valence-electron chi connectivity index (χ1n) is 6.71. The lowest BCUT2D eigenvalue weighted by Crippen LogP contribution is -2.33. The maximum atomic E-state index is 11.8. The highest BCUT2D eigenvalue weighted by Crippen LogP contribution is 2.19. The highest BCUT2D eigenvalue weighted by Gasteiger charge is 2.12. The summed E-state index contributed by atoms with van der Waals surface area (Å²) in [7, 11) is 0. The summed E-state index contributed by atoms with van der Waals surface area (Å²) in [5.41, 5.74) is 3.40. The molecule has 0 aliphatic heterocycles. The minimum atomic E-state index is -0.642. The van der Waals surface area contributed by atoms with E-state index >= 15 is 0 Å². The molecule has 23 heavy (non-hydrogen) atoms. The van der Waals surface area contributed by atoms with Gasteiger partial charge in [-0.15, -0.1) is 0 Å². The van der Waals surface area contributed by atoms with Crippen LogP contribution in [0.4, 0.5) is 5.69 Å². The van der Waals surface area contributed by atoms with Gasteiger partial charge in [0.05, 0.1) is 4.92 Å². The summed E-state index contributed by atoms with van der Waals surface area (Å²) >= 11 is 0. The number of hydrazine groups is 1. The van der Waals surface area contributed by atoms with Gasteiger partial charge in [0.15, 0.2) is 5.76 Å². The number of rotatable bonds is 5. The van der Waals surface area contributed by atoms with Crippen LogP contribution < -0.4 is 16.0 Å². The zero-order valence-electron chi connectivity index (χ0n) is 12.4. The Hall–Kier alpha value is -3.19. The van der Waals surface area contributed by atoms with Gasteiger partial charge in [-0.25, -0.2) is 5.84 Å². The summed E-state index contributed by atoms with van der Waals surface area (Å²) in [6.07, 6.45) is 1.38. The molecule has 0 saturated heterocycles. The zero-order chi connectivity index (χ0) is 16.8. The number of nitro benzene ring substituents is 1. The molecule has 7 heteroatoms. The largest absolute Gasteiger partial charge is 0.452 e. The van der Waals surface area contributed by atoms with Gasteiger partial charge in [-0.1, -0.05) is 29.8 Å². The number of carbonyl (C=O) groups is 1. The fourth-order valence-corrected chi connectivity index (χ4v) is 1.83. The molecule has 0 aliphatic rings. The number of ether oxygens (including phenoxy) is 1. The quantitative estimate of drug-likeness (QED) is 0.220. The van der Waals surface area contributed by atoms with Crippen LogP contribution >= 0.6 is 0 Å². The molecular weight excluding hydrogens is 298 g/mol. The average molecular weight is 313 g/mol. The van der Waals surface area contributed by atoms with Crippen LogP contribution in [-0.2, 0) is 4.79 Å². The third-order valence-electron chi connectivity index (χ3n) is 2.98. The molecular formula is C16H15N3O4. The lowest BCUT2D eigenvalue weighted by atomic mass is 10.1. The van der Waals surface area contributed by atoms with Crippen molar-refractivity contribution < 1.29 is 14.5 Å². The summed E-state index contributed by atoms with van der Waals surface area (Å²) in [6, 6.07) is 12.9. The van der Waals surface area contributed by atoms with E-state index in [4.69, 9.17) is 10.6 Å². The second-order valence-electron chi connectivity index (χ2n) is 4.75. The maximum absolute atomic E-state index is 11.8. The van der Waals surface area contributed by atoms with E-state index in [0.717, 1.165) is 5.56 Å². The molecule has 1 amide bonds. The third-order valence-corrected chi connectivity index (χ3v) is 2.98. The van der Waals surface area contributed by atoms with E-state index in [1.165, 1.54) is 24.3 Å². The molecule has 2 aromatic carbocycles. The van der Waals surface area contributed by atoms with E-state index < -0.39 is 10.8 Å². The van der Waals surface area contributed by atoms with Crippen LogP contribution in [0.1, 0.15) is 11.1 Å². The number of nitrogens with two attached hydrogens (primary N) is 1. The van der Waals surface area contributed by atoms with Crippen molar-refractivity contribution in [2.75, 3.05) is 0 Å². The van der Waals surface area contributed by atoms with Crippen LogP contribution in [-0.4, -0.2) is 10.8 Å². The number of hydrogen-bond acceptors (Lipinski definition) is 5. The van der Waals surface area contributed by atoms with Crippen LogP contribution in [0.5, 0.6) is 5.75 Å². The smallest absolute Gasteiger partial charge is 0.300 e. The molecule has 0 saturated carbocycles. The highest BCUT2D eigenvalue weighted by atomic mass is 16.6. The standard InChI is InChI=1S/C16H15N3O4/c1-11-5-7-14(8-6-11)23-15(16(20)18-17)10-12-3-2-4-13(9-12)19(21)22/h2-10H,17H2,1H3,(H,18,20)/b15-10-. The summed E-state index contributed by atoms with van der Waals surface area (Å²) in [5, 5.41) is 10.8. The molecule has 0 aromatic heterocycles. The second kappa shape index (κ2) is 7.19. The van der Waals surface area contributed by atoms with Crippen molar-refractivity contribution in [3.05, 3.63) is 75.5 Å². The summed E-state index contributed by atoms with van der Waals surface area (Å²) < 4.78 is 5.53. The molecule has 0 bridgehead atoms. The average Bonchev–Trinajstić information content (AvgIpc) is 2.55. The normalized spacial score (nSPS) is 11.0. The predicted molar refractivity (Wildman–Crippen MR) is 85.2 cm³/mol. The summed E-state index contributed by atoms with van der Waals surface area (Å²) in [5.74, 6) is 4.89. The zero-order valence-corrected chi connectivity index (χ0v) is 12.4. The Morgan fingerprint density at radius 1 is 1.26 bits per heavy atom. The Labute approximate surface area is 132 Å². The Kier molecular flexibility index (Phi) is 5.06. The molecule has 0 unspecified atom stereocenters. The molecule has 2 rings (SSSR count). The van der Waals surface area contributed by atoms with E-state index in [0.29, 0.717) is 11.3 Å². The van der Waals surface area contributed by atoms with E-state index in [2.05, 4.69) is 0 Å². The SMILES string of the molecule is Cc1ccc(O/C(=C\c2cccc([N+](=O)[O-])c2)C(=O)NN)cc1. The van der Waals surface area contributed by atoms with Crippen LogP contribution in [0.15, 0.2) is 54.3 Å². The number of nitrogens with one attached hydrogen (secondary N) is 1. The third kappa shape index (κ3) is 4.39. The van der Waals surface area contributed by atoms with E-state index in [1.54, 1.807) is 18.2 Å². The lowest BCUT2D eigenvalue weighted by molar-refractivity contribution is -0.384. The number of aryl methyl sites for hydroxylation is 1. The number of amides is 1. The van der Waals surface area contributed by atoms with Gasteiger partial charge in [0.1, 0.15) is 5.75 Å². The minimum absolute atomic E-state index is 0.0724. The maximum Gasteiger partial charge on any atom is 0.300 e. The lowest BCUT2D eigenvalue weighted by Gasteiger charge is -2.09. The van der Waals surface area contributed by atoms with Gasteiger partial charge >= 0.3 is 5.91 Å². The van der Waals surface area contributed by atoms with Crippen LogP contribution in [0.2, 0.25) is 0 Å². The van der Waals surface area contributed by atoms with E-state index in [-0.39, 0.29) is 11.4 Å². The first-order chi connectivity index (χ1) is 11.0. The Morgan fingerprint density at radius 3 is 2.57 bits per heavy atom. The first-order valence-corrected chi connectivity index (χ1v) is 6.71. The van der Waals surface area contributed by atoms with Gasteiger partial charge in [-0.05, 0) is 30.7 Å². The van der Waals surface area contributed by atoms with E-state index in [9.17, 15) is 14.9 Å². The topological polar surface area (TPSA) is 107 Å². The molecule has 118 valence electrons. The van der Waals surface area contributed by atoms with Crippen molar-refractivity contribution >= 4 is 17.7 Å². The van der Waals surface area contributed by atoms with Crippen molar-refractivity contribution in [2.45, 2.75) is 6.92 Å². The van der Waals surface area contributed by atoms with Crippen molar-refractivity contribution in [1.82, 2.24) is 5.43 Å². The van der Waals surface area contributed by atoms with Gasteiger partial charge in [-0.2, -0.15) is 0 Å². The van der Waals surface area contributed by atoms with Crippen LogP contribution in [0.3, 0.4) is 0 Å². The molecule has 3 N–H and O–H groups in total. The van der Waals surface area contributed by atoms with Gasteiger partial charge < -0.3 is 4.74 Å². The van der Waals surface area contributed by atoms with Crippen molar-refractivity contribution in [3.8, 4) is 5.75 Å². The number of non-ortho nitro benzene ring substituents is 1. The van der Waals surface area contributed by atoms with Gasteiger partial charge in [0.2, 0.25) is 0 Å². The molecule has 0 aliphatic carbocycles. The Morgan fingerprint density at radius 2 is 1.96 bits per heavy atom. The minimum Gasteiger partial charge on any atom is -0.452 e. The molecule has 0 atom stereocenters. The van der Waals surface area contributed by atoms with Crippen LogP contribution in [0.25, 0.3) is 6.08 Å². The molecule has 2 aromatic rings. The first kappa shape index (κ1) is 16.2. The van der Waals surface area contributed by atoms with Crippen molar-refractivity contribution in [1.29, 1.82) is 0 Å². The molecule has 0 heterocycles. The number of benzene rings is 2. The monoisotopic (exact) mass is 313 g/mol. The fourth-order valence-electron chi connectivity index (χ4n) is 1.83.